The maximum Gasteiger partial charge on any atom is 0.260 e. The minimum atomic E-state index is -0.621. The minimum Gasteiger partial charge on any atom is -0.307 e. The zero-order valence-corrected chi connectivity index (χ0v) is 9.57. The number of pyridine rings is 1. The molecule has 0 saturated carbocycles. The molecule has 0 fully saturated rings. The van der Waals surface area contributed by atoms with Crippen molar-refractivity contribution in [2.75, 3.05) is 5.32 Å². The van der Waals surface area contributed by atoms with Gasteiger partial charge in [0.05, 0.1) is 18.0 Å². The van der Waals surface area contributed by atoms with Gasteiger partial charge in [0.15, 0.2) is 0 Å². The van der Waals surface area contributed by atoms with Crippen LogP contribution in [0.5, 0.6) is 0 Å². The minimum absolute atomic E-state index is 0.0205. The average molecular weight is 255 g/mol. The fraction of sp³-hybridized carbons (Fsp3) is 0.100. The van der Waals surface area contributed by atoms with Gasteiger partial charge < -0.3 is 5.32 Å². The standard InChI is InChI=1S/C10H8ClFN4O/c1-16-8(2-3-14-16)15-10(17)7-4-6(12)5-13-9(7)11/h2-5H,1H3,(H,15,17). The number of aryl methyl sites for hydroxylation is 1. The SMILES string of the molecule is Cn1nccc1NC(=O)c1cc(F)cnc1Cl. The summed E-state index contributed by atoms with van der Waals surface area (Å²) in [6.07, 6.45) is 2.48. The number of carbonyl (C=O) groups excluding carboxylic acids is 1. The highest BCUT2D eigenvalue weighted by molar-refractivity contribution is 6.33. The van der Waals surface area contributed by atoms with Gasteiger partial charge in [0.1, 0.15) is 16.8 Å². The monoisotopic (exact) mass is 254 g/mol. The van der Waals surface area contributed by atoms with Crippen LogP contribution in [0.15, 0.2) is 24.5 Å². The Morgan fingerprint density at radius 3 is 3.00 bits per heavy atom. The Morgan fingerprint density at radius 1 is 1.59 bits per heavy atom. The number of hydrogen-bond donors (Lipinski definition) is 1. The summed E-state index contributed by atoms with van der Waals surface area (Å²) in [4.78, 5) is 15.4. The molecular weight excluding hydrogens is 247 g/mol. The van der Waals surface area contributed by atoms with Gasteiger partial charge in [-0.05, 0) is 6.07 Å². The number of nitrogens with one attached hydrogen (secondary N) is 1. The van der Waals surface area contributed by atoms with Crippen molar-refractivity contribution in [2.24, 2.45) is 7.05 Å². The lowest BCUT2D eigenvalue weighted by molar-refractivity contribution is 0.102. The van der Waals surface area contributed by atoms with Crippen LogP contribution >= 0.6 is 11.6 Å². The van der Waals surface area contributed by atoms with Crippen molar-refractivity contribution in [3.05, 3.63) is 41.1 Å². The lowest BCUT2D eigenvalue weighted by atomic mass is 10.2. The Morgan fingerprint density at radius 2 is 2.35 bits per heavy atom. The Labute approximate surface area is 101 Å². The molecule has 1 amide bonds. The first-order valence-corrected chi connectivity index (χ1v) is 5.06. The van der Waals surface area contributed by atoms with Gasteiger partial charge in [-0.2, -0.15) is 5.10 Å². The number of hydrogen-bond acceptors (Lipinski definition) is 3. The van der Waals surface area contributed by atoms with Crippen LogP contribution in [0.1, 0.15) is 10.4 Å². The summed E-state index contributed by atoms with van der Waals surface area (Å²) < 4.78 is 14.4. The van der Waals surface area contributed by atoms with E-state index in [1.54, 1.807) is 13.1 Å². The molecule has 0 spiro atoms. The van der Waals surface area contributed by atoms with Crippen LogP contribution in [-0.2, 0) is 7.05 Å². The third kappa shape index (κ3) is 2.42. The van der Waals surface area contributed by atoms with Gasteiger partial charge in [0, 0.05) is 13.1 Å². The van der Waals surface area contributed by atoms with Crippen LogP contribution in [0.3, 0.4) is 0 Å². The van der Waals surface area contributed by atoms with Gasteiger partial charge in [-0.1, -0.05) is 11.6 Å². The molecule has 0 aliphatic carbocycles. The first-order chi connectivity index (χ1) is 8.08. The summed E-state index contributed by atoms with van der Waals surface area (Å²) in [6, 6.07) is 2.64. The average Bonchev–Trinajstić information content (AvgIpc) is 2.68. The van der Waals surface area contributed by atoms with Gasteiger partial charge in [0.2, 0.25) is 0 Å². The molecule has 5 nitrogen and oxygen atoms in total. The maximum absolute atomic E-state index is 12.9. The zero-order valence-electron chi connectivity index (χ0n) is 8.82. The predicted molar refractivity (Wildman–Crippen MR) is 60.4 cm³/mol. The molecule has 2 rings (SSSR count). The van der Waals surface area contributed by atoms with E-state index >= 15 is 0 Å². The van der Waals surface area contributed by atoms with Crippen LogP contribution in [0.4, 0.5) is 10.2 Å². The number of halogens is 2. The van der Waals surface area contributed by atoms with Crippen molar-refractivity contribution in [3.8, 4) is 0 Å². The number of rotatable bonds is 2. The van der Waals surface area contributed by atoms with Crippen molar-refractivity contribution in [1.82, 2.24) is 14.8 Å². The second kappa shape index (κ2) is 4.50. The lowest BCUT2D eigenvalue weighted by Crippen LogP contribution is -2.15. The zero-order chi connectivity index (χ0) is 12.4. The van der Waals surface area contributed by atoms with E-state index in [1.807, 2.05) is 0 Å². The maximum atomic E-state index is 12.9. The molecule has 0 saturated heterocycles. The largest absolute Gasteiger partial charge is 0.307 e. The van der Waals surface area contributed by atoms with Gasteiger partial charge in [-0.3, -0.25) is 9.48 Å². The molecule has 2 aromatic rings. The molecular formula is C10H8ClFN4O. The molecule has 0 aliphatic heterocycles. The molecule has 0 aromatic carbocycles. The topological polar surface area (TPSA) is 59.8 Å². The Kier molecular flexibility index (Phi) is 3.06. The molecule has 17 heavy (non-hydrogen) atoms. The fourth-order valence-corrected chi connectivity index (χ4v) is 1.45. The normalized spacial score (nSPS) is 10.3. The molecule has 2 aromatic heterocycles. The number of carbonyl (C=O) groups is 1. The fourth-order valence-electron chi connectivity index (χ4n) is 1.26. The highest BCUT2D eigenvalue weighted by atomic mass is 35.5. The van der Waals surface area contributed by atoms with E-state index in [0.29, 0.717) is 5.82 Å². The summed E-state index contributed by atoms with van der Waals surface area (Å²) in [6.45, 7) is 0. The van der Waals surface area contributed by atoms with Gasteiger partial charge >= 0.3 is 0 Å². The van der Waals surface area contributed by atoms with E-state index in [-0.39, 0.29) is 10.7 Å². The molecule has 0 atom stereocenters. The molecule has 88 valence electrons. The third-order valence-corrected chi connectivity index (χ3v) is 2.41. The van der Waals surface area contributed by atoms with E-state index in [9.17, 15) is 9.18 Å². The van der Waals surface area contributed by atoms with E-state index in [0.717, 1.165) is 12.3 Å². The van der Waals surface area contributed by atoms with Crippen LogP contribution in [0.25, 0.3) is 0 Å². The second-order valence-corrected chi connectivity index (χ2v) is 3.64. The molecule has 2 heterocycles. The molecule has 0 bridgehead atoms. The summed E-state index contributed by atoms with van der Waals surface area (Å²) in [5.74, 6) is -0.675. The second-order valence-electron chi connectivity index (χ2n) is 3.29. The summed E-state index contributed by atoms with van der Waals surface area (Å²) in [5, 5.41) is 6.38. The molecule has 7 heteroatoms. The summed E-state index contributed by atoms with van der Waals surface area (Å²) >= 11 is 5.71. The van der Waals surface area contributed by atoms with E-state index in [4.69, 9.17) is 11.6 Å². The van der Waals surface area contributed by atoms with Crippen LogP contribution in [0, 0.1) is 5.82 Å². The smallest absolute Gasteiger partial charge is 0.260 e. The Hall–Kier alpha value is -1.95. The van der Waals surface area contributed by atoms with Gasteiger partial charge in [-0.15, -0.1) is 0 Å². The number of amides is 1. The van der Waals surface area contributed by atoms with Crippen molar-refractivity contribution < 1.29 is 9.18 Å². The number of anilines is 1. The number of nitrogens with zero attached hydrogens (tertiary/aromatic N) is 3. The van der Waals surface area contributed by atoms with Crippen molar-refractivity contribution >= 4 is 23.3 Å². The van der Waals surface area contributed by atoms with E-state index in [2.05, 4.69) is 15.4 Å². The van der Waals surface area contributed by atoms with Crippen LogP contribution in [0.2, 0.25) is 5.15 Å². The first kappa shape index (κ1) is 11.5. The van der Waals surface area contributed by atoms with E-state index < -0.39 is 11.7 Å². The highest BCUT2D eigenvalue weighted by Gasteiger charge is 2.14. The third-order valence-electron chi connectivity index (χ3n) is 2.11. The lowest BCUT2D eigenvalue weighted by Gasteiger charge is -2.06. The van der Waals surface area contributed by atoms with Gasteiger partial charge in [-0.25, -0.2) is 9.37 Å². The molecule has 0 radical (unpaired) electrons. The van der Waals surface area contributed by atoms with E-state index in [1.165, 1.54) is 10.9 Å². The van der Waals surface area contributed by atoms with Crippen molar-refractivity contribution in [3.63, 3.8) is 0 Å². The van der Waals surface area contributed by atoms with Gasteiger partial charge in [0.25, 0.3) is 5.91 Å². The molecule has 0 unspecified atom stereocenters. The highest BCUT2D eigenvalue weighted by Crippen LogP contribution is 2.15. The first-order valence-electron chi connectivity index (χ1n) is 4.68. The van der Waals surface area contributed by atoms with Crippen molar-refractivity contribution in [2.45, 2.75) is 0 Å². The Balaban J connectivity index is 2.26. The van der Waals surface area contributed by atoms with Crippen LogP contribution < -0.4 is 5.32 Å². The Bertz CT molecular complexity index is 569. The van der Waals surface area contributed by atoms with Crippen molar-refractivity contribution in [1.29, 1.82) is 0 Å². The van der Waals surface area contributed by atoms with Crippen LogP contribution in [-0.4, -0.2) is 20.7 Å². The quantitative estimate of drug-likeness (QED) is 0.832. The summed E-state index contributed by atoms with van der Waals surface area (Å²) in [7, 11) is 1.67. The predicted octanol–water partition coefficient (Wildman–Crippen LogP) is 1.86. The molecule has 1 N–H and O–H groups in total. The summed E-state index contributed by atoms with van der Waals surface area (Å²) in [5.41, 5.74) is -0.0205. The molecule has 0 aliphatic rings. The number of aromatic nitrogens is 3.